The highest BCUT2D eigenvalue weighted by atomic mass is 14.9. The highest BCUT2D eigenvalue weighted by molar-refractivity contribution is 6.26. The van der Waals surface area contributed by atoms with E-state index in [0.717, 1.165) is 0 Å². The molecule has 0 aliphatic rings. The first-order chi connectivity index (χ1) is 24.3. The van der Waals surface area contributed by atoms with Gasteiger partial charge in [-0.05, 0) is 108 Å². The van der Waals surface area contributed by atoms with Gasteiger partial charge in [-0.25, -0.2) is 0 Å². The minimum Gasteiger partial charge on any atom is -0.308 e. The van der Waals surface area contributed by atoms with Crippen LogP contribution >= 0.6 is 0 Å². The number of hydrogen-bond donors (Lipinski definition) is 0. The van der Waals surface area contributed by atoms with Crippen LogP contribution in [0.15, 0.2) is 176 Å². The third-order valence-electron chi connectivity index (χ3n) is 10.7. The molecule has 1 heteroatoms. The second-order valence-electron chi connectivity index (χ2n) is 13.3. The molecule has 0 saturated heterocycles. The lowest BCUT2D eigenvalue weighted by Crippen LogP contribution is -1.86. The zero-order chi connectivity index (χ0) is 32.1. The van der Waals surface area contributed by atoms with E-state index in [4.69, 9.17) is 0 Å². The summed E-state index contributed by atoms with van der Waals surface area (Å²) in [5.41, 5.74) is 11.2. The van der Waals surface area contributed by atoms with Gasteiger partial charge in [0.25, 0.3) is 0 Å². The van der Waals surface area contributed by atoms with Gasteiger partial charge in [-0.1, -0.05) is 133 Å². The van der Waals surface area contributed by atoms with Crippen molar-refractivity contribution in [1.29, 1.82) is 0 Å². The van der Waals surface area contributed by atoms with E-state index >= 15 is 0 Å². The molecule has 0 radical (unpaired) electrons. The molecule has 0 N–H and O–H groups in total. The minimum absolute atomic E-state index is 1.22. The first-order valence-corrected chi connectivity index (χ1v) is 17.0. The van der Waals surface area contributed by atoms with E-state index in [1.807, 2.05) is 0 Å². The van der Waals surface area contributed by atoms with Crippen LogP contribution < -0.4 is 0 Å². The first-order valence-electron chi connectivity index (χ1n) is 17.0. The SMILES string of the molecule is c1cc(-c2cccc(-c3cc4c5ccccc5n5c6ccccc6c(c3)c45)c2)cc(-c2ccc3c4ccccc4c4ccccc4c3c2)c1. The zero-order valence-corrected chi connectivity index (χ0v) is 26.7. The summed E-state index contributed by atoms with van der Waals surface area (Å²) in [6.45, 7) is 0. The molecule has 9 aromatic carbocycles. The quantitative estimate of drug-likeness (QED) is 0.173. The Labute approximate surface area is 283 Å². The number of rotatable bonds is 3. The maximum atomic E-state index is 2.44. The van der Waals surface area contributed by atoms with Gasteiger partial charge in [0.05, 0.1) is 16.6 Å². The Kier molecular flexibility index (Phi) is 5.45. The van der Waals surface area contributed by atoms with Gasteiger partial charge in [0.2, 0.25) is 0 Å². The third kappa shape index (κ3) is 3.82. The molecule has 0 spiro atoms. The molecule has 0 bridgehead atoms. The van der Waals surface area contributed by atoms with Crippen LogP contribution in [-0.4, -0.2) is 4.40 Å². The van der Waals surface area contributed by atoms with Crippen LogP contribution in [0.3, 0.4) is 0 Å². The lowest BCUT2D eigenvalue weighted by Gasteiger charge is -2.13. The minimum atomic E-state index is 1.22. The average Bonchev–Trinajstić information content (AvgIpc) is 3.70. The molecule has 1 nitrogen and oxygen atoms in total. The summed E-state index contributed by atoms with van der Waals surface area (Å²) in [4.78, 5) is 0. The average molecular weight is 620 g/mol. The molecule has 226 valence electrons. The summed E-state index contributed by atoms with van der Waals surface area (Å²) in [5.74, 6) is 0. The van der Waals surface area contributed by atoms with E-state index in [-0.39, 0.29) is 0 Å². The second kappa shape index (κ2) is 10.0. The highest BCUT2D eigenvalue weighted by Gasteiger charge is 2.18. The normalized spacial score (nSPS) is 12.1. The van der Waals surface area contributed by atoms with Gasteiger partial charge in [0, 0.05) is 21.5 Å². The summed E-state index contributed by atoms with van der Waals surface area (Å²) in [6.07, 6.45) is 0. The maximum Gasteiger partial charge on any atom is 0.0620 e. The molecule has 0 aliphatic carbocycles. The highest BCUT2D eigenvalue weighted by Crippen LogP contribution is 2.42. The van der Waals surface area contributed by atoms with E-state index in [1.165, 1.54) is 104 Å². The predicted octanol–water partition coefficient (Wildman–Crippen LogP) is 13.3. The molecule has 0 saturated carbocycles. The predicted molar refractivity (Wildman–Crippen MR) is 210 cm³/mol. The zero-order valence-electron chi connectivity index (χ0n) is 26.7. The second-order valence-corrected chi connectivity index (χ2v) is 13.3. The van der Waals surface area contributed by atoms with E-state index < -0.39 is 0 Å². The smallest absolute Gasteiger partial charge is 0.0620 e. The van der Waals surface area contributed by atoms with Crippen molar-refractivity contribution in [2.24, 2.45) is 0 Å². The van der Waals surface area contributed by atoms with E-state index in [9.17, 15) is 0 Å². The summed E-state index contributed by atoms with van der Waals surface area (Å²) in [7, 11) is 0. The molecular weight excluding hydrogens is 591 g/mol. The van der Waals surface area contributed by atoms with Crippen LogP contribution in [0.4, 0.5) is 0 Å². The fourth-order valence-electron chi connectivity index (χ4n) is 8.46. The Bertz CT molecular complexity index is 2990. The summed E-state index contributed by atoms with van der Waals surface area (Å²) in [5, 5.41) is 13.0. The van der Waals surface area contributed by atoms with Crippen molar-refractivity contribution >= 4 is 70.4 Å². The Morgan fingerprint density at radius 1 is 0.224 bits per heavy atom. The van der Waals surface area contributed by atoms with Gasteiger partial charge in [0.1, 0.15) is 0 Å². The van der Waals surface area contributed by atoms with Crippen LogP contribution in [0.5, 0.6) is 0 Å². The molecule has 2 aromatic heterocycles. The van der Waals surface area contributed by atoms with Crippen molar-refractivity contribution in [3.05, 3.63) is 176 Å². The molecule has 0 amide bonds. The van der Waals surface area contributed by atoms with Gasteiger partial charge in [-0.15, -0.1) is 0 Å². The van der Waals surface area contributed by atoms with Crippen molar-refractivity contribution in [3.63, 3.8) is 0 Å². The van der Waals surface area contributed by atoms with Crippen LogP contribution in [0.2, 0.25) is 0 Å². The largest absolute Gasteiger partial charge is 0.308 e. The fraction of sp³-hybridized carbons (Fsp3) is 0. The van der Waals surface area contributed by atoms with Crippen molar-refractivity contribution in [1.82, 2.24) is 4.40 Å². The molecule has 0 atom stereocenters. The van der Waals surface area contributed by atoms with Crippen LogP contribution in [0.25, 0.3) is 104 Å². The summed E-state index contributed by atoms with van der Waals surface area (Å²) in [6, 6.07) is 65.0. The van der Waals surface area contributed by atoms with Crippen molar-refractivity contribution in [3.8, 4) is 33.4 Å². The number of hydrogen-bond acceptors (Lipinski definition) is 0. The van der Waals surface area contributed by atoms with Gasteiger partial charge >= 0.3 is 0 Å². The molecular formula is C48H29N. The van der Waals surface area contributed by atoms with E-state index in [0.29, 0.717) is 0 Å². The molecule has 0 unspecified atom stereocenters. The fourth-order valence-corrected chi connectivity index (χ4v) is 8.46. The van der Waals surface area contributed by atoms with Gasteiger partial charge < -0.3 is 4.40 Å². The van der Waals surface area contributed by atoms with Crippen LogP contribution in [-0.2, 0) is 0 Å². The van der Waals surface area contributed by atoms with Crippen molar-refractivity contribution < 1.29 is 0 Å². The van der Waals surface area contributed by atoms with Gasteiger partial charge in [-0.2, -0.15) is 0 Å². The summed E-state index contributed by atoms with van der Waals surface area (Å²) >= 11 is 0. The Balaban J connectivity index is 1.05. The molecule has 11 aromatic rings. The molecule has 11 rings (SSSR count). The lowest BCUT2D eigenvalue weighted by molar-refractivity contribution is 1.37. The van der Waals surface area contributed by atoms with Crippen molar-refractivity contribution in [2.75, 3.05) is 0 Å². The molecule has 0 fully saturated rings. The number of aromatic nitrogens is 1. The van der Waals surface area contributed by atoms with E-state index in [2.05, 4.69) is 180 Å². The monoisotopic (exact) mass is 619 g/mol. The Hall–Kier alpha value is -6.44. The van der Waals surface area contributed by atoms with E-state index in [1.54, 1.807) is 0 Å². The molecule has 0 aliphatic heterocycles. The first kappa shape index (κ1) is 26.6. The number of para-hydroxylation sites is 2. The van der Waals surface area contributed by atoms with Crippen molar-refractivity contribution in [2.45, 2.75) is 0 Å². The standard InChI is InChI=1S/C48H29N/c1-2-17-38-36(15-1)37-16-3-4-18-39(37)43-27-34(23-24-40(38)43)32-13-9-11-30(25-32)31-12-10-14-33(26-31)35-28-44-41-19-5-7-21-46(41)49-47-22-8-6-20-42(47)45(29-35)48(44)49/h1-29H. The van der Waals surface area contributed by atoms with Gasteiger partial charge in [0.15, 0.2) is 0 Å². The topological polar surface area (TPSA) is 4.41 Å². The Morgan fingerprint density at radius 3 is 1.10 bits per heavy atom. The van der Waals surface area contributed by atoms with Crippen LogP contribution in [0, 0.1) is 0 Å². The lowest BCUT2D eigenvalue weighted by atomic mass is 9.91. The number of benzene rings is 9. The molecule has 49 heavy (non-hydrogen) atoms. The third-order valence-corrected chi connectivity index (χ3v) is 10.7. The van der Waals surface area contributed by atoms with Gasteiger partial charge in [-0.3, -0.25) is 0 Å². The molecule has 2 heterocycles. The van der Waals surface area contributed by atoms with Crippen LogP contribution in [0.1, 0.15) is 0 Å². The maximum absolute atomic E-state index is 2.44. The Morgan fingerprint density at radius 2 is 0.592 bits per heavy atom. The number of nitrogens with zero attached hydrogens (tertiary/aromatic N) is 1. The summed E-state index contributed by atoms with van der Waals surface area (Å²) < 4.78 is 2.44. The number of fused-ring (bicyclic) bond motifs is 12.